The maximum atomic E-state index is 12.7. The minimum atomic E-state index is -0.621. The molecule has 4 rings (SSSR count). The van der Waals surface area contributed by atoms with Crippen LogP contribution in [0.4, 0.5) is 0 Å². The Morgan fingerprint density at radius 1 is 1.09 bits per heavy atom. The van der Waals surface area contributed by atoms with Gasteiger partial charge >= 0.3 is 0 Å². The van der Waals surface area contributed by atoms with Crippen LogP contribution in [0.2, 0.25) is 0 Å². The van der Waals surface area contributed by atoms with Crippen LogP contribution in [0.3, 0.4) is 0 Å². The van der Waals surface area contributed by atoms with Gasteiger partial charge < -0.3 is 4.74 Å². The van der Waals surface area contributed by atoms with Crippen LogP contribution in [0, 0.1) is 5.92 Å². The Morgan fingerprint density at radius 2 is 1.83 bits per heavy atom. The molecule has 0 saturated carbocycles. The Kier molecular flexibility index (Phi) is 2.75. The van der Waals surface area contributed by atoms with E-state index in [-0.39, 0.29) is 11.7 Å². The van der Waals surface area contributed by atoms with Crippen LogP contribution < -0.4 is 0 Å². The Hall–Kier alpha value is -2.23. The zero-order valence-corrected chi connectivity index (χ0v) is 13.5. The van der Waals surface area contributed by atoms with Crippen molar-refractivity contribution in [3.05, 3.63) is 40.0 Å². The number of hydrogen-bond donors (Lipinski definition) is 0. The fourth-order valence-corrected chi connectivity index (χ4v) is 4.02. The van der Waals surface area contributed by atoms with E-state index in [0.29, 0.717) is 36.3 Å². The van der Waals surface area contributed by atoms with E-state index in [1.54, 1.807) is 0 Å². The third-order valence-electron chi connectivity index (χ3n) is 5.42. The lowest BCUT2D eigenvalue weighted by Crippen LogP contribution is -2.37. The average molecular weight is 310 g/mol. The molecule has 1 aliphatic heterocycles. The summed E-state index contributed by atoms with van der Waals surface area (Å²) >= 11 is 0. The second kappa shape index (κ2) is 4.40. The van der Waals surface area contributed by atoms with Crippen LogP contribution in [0.5, 0.6) is 0 Å². The zero-order valence-electron chi connectivity index (χ0n) is 13.5. The molecule has 0 spiro atoms. The maximum absolute atomic E-state index is 12.7. The van der Waals surface area contributed by atoms with Crippen molar-refractivity contribution in [1.82, 2.24) is 0 Å². The topological polar surface area (TPSA) is 60.4 Å². The van der Waals surface area contributed by atoms with Crippen molar-refractivity contribution < 1.29 is 19.1 Å². The number of rotatable bonds is 0. The van der Waals surface area contributed by atoms with Crippen molar-refractivity contribution in [3.8, 4) is 0 Å². The van der Waals surface area contributed by atoms with Gasteiger partial charge in [-0.25, -0.2) is 0 Å². The van der Waals surface area contributed by atoms with Crippen molar-refractivity contribution >= 4 is 23.1 Å². The largest absolute Gasteiger partial charge is 0.492 e. The molecule has 0 fully saturated rings. The van der Waals surface area contributed by atoms with E-state index >= 15 is 0 Å². The number of carbonyl (C=O) groups is 3. The summed E-state index contributed by atoms with van der Waals surface area (Å²) in [6.45, 7) is 6.10. The van der Waals surface area contributed by atoms with Crippen molar-refractivity contribution in [3.63, 3.8) is 0 Å². The molecule has 1 heterocycles. The average Bonchev–Trinajstić information content (AvgIpc) is 2.90. The van der Waals surface area contributed by atoms with E-state index < -0.39 is 17.0 Å². The number of ether oxygens (including phenoxy) is 1. The van der Waals surface area contributed by atoms with Crippen LogP contribution in [0.25, 0.3) is 5.76 Å². The van der Waals surface area contributed by atoms with Gasteiger partial charge in [0.25, 0.3) is 0 Å². The second-order valence-electron chi connectivity index (χ2n) is 7.18. The molecule has 4 heteroatoms. The summed E-state index contributed by atoms with van der Waals surface area (Å²) in [5.74, 6) is -0.206. The van der Waals surface area contributed by atoms with Crippen molar-refractivity contribution in [2.24, 2.45) is 5.92 Å². The standard InChI is InChI=1S/C19H18O4/c1-9-8-23-18-11-4-6-12-10(5-7-13(20)19(12,2)3)15(11)17(22)16(21)14(9)18/h4,6,9H,5,7-8H2,1-3H3. The minimum Gasteiger partial charge on any atom is -0.492 e. The highest BCUT2D eigenvalue weighted by Crippen LogP contribution is 2.44. The monoisotopic (exact) mass is 310 g/mol. The minimum absolute atomic E-state index is 0.0522. The molecular weight excluding hydrogens is 292 g/mol. The third-order valence-corrected chi connectivity index (χ3v) is 5.42. The molecule has 1 atom stereocenters. The molecule has 0 bridgehead atoms. The Labute approximate surface area is 134 Å². The molecule has 1 aromatic rings. The fraction of sp³-hybridized carbons (Fsp3) is 0.421. The molecule has 118 valence electrons. The summed E-state index contributed by atoms with van der Waals surface area (Å²) < 4.78 is 5.72. The Bertz CT molecular complexity index is 826. The normalized spacial score (nSPS) is 25.0. The molecule has 0 aromatic heterocycles. The fourth-order valence-electron chi connectivity index (χ4n) is 4.02. The van der Waals surface area contributed by atoms with E-state index in [2.05, 4.69) is 0 Å². The van der Waals surface area contributed by atoms with Gasteiger partial charge in [0.05, 0.1) is 12.2 Å². The molecule has 0 saturated heterocycles. The molecule has 0 radical (unpaired) electrons. The predicted molar refractivity (Wildman–Crippen MR) is 84.2 cm³/mol. The van der Waals surface area contributed by atoms with Crippen molar-refractivity contribution in [1.29, 1.82) is 0 Å². The van der Waals surface area contributed by atoms with Gasteiger partial charge in [0.1, 0.15) is 11.5 Å². The van der Waals surface area contributed by atoms with Crippen molar-refractivity contribution in [2.75, 3.05) is 6.61 Å². The van der Waals surface area contributed by atoms with Gasteiger partial charge in [0.2, 0.25) is 11.6 Å². The van der Waals surface area contributed by atoms with E-state index in [1.165, 1.54) is 0 Å². The molecule has 23 heavy (non-hydrogen) atoms. The second-order valence-corrected chi connectivity index (χ2v) is 7.18. The van der Waals surface area contributed by atoms with Crippen LogP contribution in [-0.4, -0.2) is 24.0 Å². The van der Waals surface area contributed by atoms with E-state index in [9.17, 15) is 14.4 Å². The molecule has 0 N–H and O–H groups in total. The number of ketones is 3. The molecule has 3 aliphatic rings. The number of Topliss-reactive ketones (excluding diaryl/α,β-unsaturated/α-hetero) is 3. The van der Waals surface area contributed by atoms with E-state index in [0.717, 1.165) is 16.7 Å². The van der Waals surface area contributed by atoms with Crippen LogP contribution in [0.1, 0.15) is 54.2 Å². The first-order valence-electron chi connectivity index (χ1n) is 8.00. The summed E-state index contributed by atoms with van der Waals surface area (Å²) in [6, 6.07) is 3.76. The lowest BCUT2D eigenvalue weighted by Gasteiger charge is -2.33. The highest BCUT2D eigenvalue weighted by molar-refractivity contribution is 6.52. The summed E-state index contributed by atoms with van der Waals surface area (Å²) in [5, 5.41) is 0. The number of hydrogen-bond acceptors (Lipinski definition) is 4. The summed E-state index contributed by atoms with van der Waals surface area (Å²) in [6.07, 6.45) is 0.916. The Morgan fingerprint density at radius 3 is 2.57 bits per heavy atom. The smallest absolute Gasteiger partial charge is 0.234 e. The summed E-state index contributed by atoms with van der Waals surface area (Å²) in [5.41, 5.74) is 2.78. The Balaban J connectivity index is 2.02. The first-order chi connectivity index (χ1) is 10.8. The van der Waals surface area contributed by atoms with Crippen LogP contribution >= 0.6 is 0 Å². The molecule has 2 aliphatic carbocycles. The SMILES string of the molecule is CC1COC2=C1C(=O)C(=O)c1c2ccc2c1CCC(=O)C2(C)C. The van der Waals surface area contributed by atoms with E-state index in [1.807, 2.05) is 32.9 Å². The van der Waals surface area contributed by atoms with Gasteiger partial charge in [0, 0.05) is 28.9 Å². The van der Waals surface area contributed by atoms with Gasteiger partial charge in [-0.1, -0.05) is 19.1 Å². The zero-order chi connectivity index (χ0) is 16.5. The molecule has 1 aromatic carbocycles. The van der Waals surface area contributed by atoms with Gasteiger partial charge in [-0.3, -0.25) is 14.4 Å². The maximum Gasteiger partial charge on any atom is 0.234 e. The highest BCUT2D eigenvalue weighted by Gasteiger charge is 2.44. The first kappa shape index (κ1) is 14.4. The van der Waals surface area contributed by atoms with Crippen molar-refractivity contribution in [2.45, 2.75) is 39.0 Å². The highest BCUT2D eigenvalue weighted by atomic mass is 16.5. The van der Waals surface area contributed by atoms with Crippen LogP contribution in [-0.2, 0) is 26.2 Å². The molecule has 1 unspecified atom stereocenters. The number of fused-ring (bicyclic) bond motifs is 4. The van der Waals surface area contributed by atoms with Gasteiger partial charge in [-0.05, 0) is 31.4 Å². The summed E-state index contributed by atoms with van der Waals surface area (Å²) in [4.78, 5) is 37.5. The number of carbonyl (C=O) groups excluding carboxylic acids is 3. The quantitative estimate of drug-likeness (QED) is 0.691. The van der Waals surface area contributed by atoms with E-state index in [4.69, 9.17) is 4.74 Å². The molecular formula is C19H18O4. The first-order valence-corrected chi connectivity index (χ1v) is 8.00. The summed E-state index contributed by atoms with van der Waals surface area (Å²) in [7, 11) is 0. The third kappa shape index (κ3) is 1.69. The van der Waals surface area contributed by atoms with Gasteiger partial charge in [0.15, 0.2) is 0 Å². The van der Waals surface area contributed by atoms with Gasteiger partial charge in [-0.15, -0.1) is 0 Å². The van der Waals surface area contributed by atoms with Crippen LogP contribution in [0.15, 0.2) is 17.7 Å². The van der Waals surface area contributed by atoms with Gasteiger partial charge in [-0.2, -0.15) is 0 Å². The predicted octanol–water partition coefficient (Wildman–Crippen LogP) is 2.62. The lowest BCUT2D eigenvalue weighted by molar-refractivity contribution is -0.124. The number of benzene rings is 1. The lowest BCUT2D eigenvalue weighted by atomic mass is 9.68. The molecule has 4 nitrogen and oxygen atoms in total. The molecule has 0 amide bonds.